The summed E-state index contributed by atoms with van der Waals surface area (Å²) in [5.74, 6) is -0.594. The molecule has 0 aliphatic carbocycles. The van der Waals surface area contributed by atoms with E-state index in [0.29, 0.717) is 19.4 Å². The van der Waals surface area contributed by atoms with Crippen molar-refractivity contribution in [2.45, 2.75) is 57.5 Å². The Morgan fingerprint density at radius 1 is 1.42 bits per heavy atom. The molecule has 3 atom stereocenters. The van der Waals surface area contributed by atoms with Gasteiger partial charge in [0.15, 0.2) is 0 Å². The van der Waals surface area contributed by atoms with Crippen molar-refractivity contribution >= 4 is 11.9 Å². The molecule has 2 rings (SSSR count). The second kappa shape index (κ2) is 5.49. The third kappa shape index (κ3) is 2.36. The molecule has 1 amide bonds. The maximum absolute atomic E-state index is 12.7. The van der Waals surface area contributed by atoms with Crippen molar-refractivity contribution in [3.63, 3.8) is 0 Å². The fourth-order valence-electron chi connectivity index (χ4n) is 3.49. The first kappa shape index (κ1) is 14.3. The Balaban J connectivity index is 2.19. The Hall–Kier alpha value is -1.10. The van der Waals surface area contributed by atoms with Crippen LogP contribution in [0, 0.1) is 5.92 Å². The predicted molar refractivity (Wildman–Crippen MR) is 71.8 cm³/mol. The minimum atomic E-state index is -0.976. The van der Waals surface area contributed by atoms with Crippen LogP contribution in [0.2, 0.25) is 0 Å². The zero-order valence-corrected chi connectivity index (χ0v) is 11.8. The number of rotatable bonds is 3. The molecular formula is C14H24N2O3. The van der Waals surface area contributed by atoms with E-state index in [1.165, 1.54) is 0 Å². The SMILES string of the molecule is CCC1(C(=O)O)CCCN1C(=O)C1NCCCC1C. The molecule has 0 aromatic heterocycles. The Bertz CT molecular complexity index is 372. The Labute approximate surface area is 114 Å². The molecular weight excluding hydrogens is 244 g/mol. The molecule has 0 aromatic rings. The van der Waals surface area contributed by atoms with Gasteiger partial charge in [-0.3, -0.25) is 4.79 Å². The number of nitrogens with zero attached hydrogens (tertiary/aromatic N) is 1. The highest BCUT2D eigenvalue weighted by Crippen LogP contribution is 2.34. The first-order chi connectivity index (χ1) is 9.03. The molecule has 2 heterocycles. The predicted octanol–water partition coefficient (Wildman–Crippen LogP) is 1.23. The molecule has 5 heteroatoms. The van der Waals surface area contributed by atoms with Gasteiger partial charge in [-0.25, -0.2) is 4.79 Å². The molecule has 19 heavy (non-hydrogen) atoms. The summed E-state index contributed by atoms with van der Waals surface area (Å²) in [5.41, 5.74) is -0.976. The topological polar surface area (TPSA) is 69.6 Å². The summed E-state index contributed by atoms with van der Waals surface area (Å²) < 4.78 is 0. The summed E-state index contributed by atoms with van der Waals surface area (Å²) in [5, 5.41) is 12.8. The zero-order valence-electron chi connectivity index (χ0n) is 11.8. The average molecular weight is 268 g/mol. The van der Waals surface area contributed by atoms with Gasteiger partial charge in [-0.2, -0.15) is 0 Å². The summed E-state index contributed by atoms with van der Waals surface area (Å²) >= 11 is 0. The molecule has 0 spiro atoms. The van der Waals surface area contributed by atoms with Crippen LogP contribution >= 0.6 is 0 Å². The second-order valence-electron chi connectivity index (χ2n) is 5.84. The van der Waals surface area contributed by atoms with E-state index in [1.54, 1.807) is 4.90 Å². The molecule has 0 radical (unpaired) electrons. The molecule has 0 aromatic carbocycles. The van der Waals surface area contributed by atoms with Gasteiger partial charge in [0.1, 0.15) is 5.54 Å². The van der Waals surface area contributed by atoms with E-state index in [4.69, 9.17) is 0 Å². The minimum absolute atomic E-state index is 0.0195. The van der Waals surface area contributed by atoms with Crippen LogP contribution in [0.3, 0.4) is 0 Å². The number of carbonyl (C=O) groups is 2. The third-order valence-electron chi connectivity index (χ3n) is 4.77. The van der Waals surface area contributed by atoms with Gasteiger partial charge in [0.2, 0.25) is 5.91 Å². The number of piperidine rings is 1. The quantitative estimate of drug-likeness (QED) is 0.807. The van der Waals surface area contributed by atoms with Crippen LogP contribution in [-0.4, -0.2) is 46.6 Å². The zero-order chi connectivity index (χ0) is 14.0. The van der Waals surface area contributed by atoms with Crippen LogP contribution in [0.25, 0.3) is 0 Å². The third-order valence-corrected chi connectivity index (χ3v) is 4.77. The average Bonchev–Trinajstić information content (AvgIpc) is 2.83. The molecule has 0 saturated carbocycles. The summed E-state index contributed by atoms with van der Waals surface area (Å²) in [4.78, 5) is 25.9. The van der Waals surface area contributed by atoms with E-state index in [2.05, 4.69) is 12.2 Å². The number of likely N-dealkylation sites (tertiary alicyclic amines) is 1. The Kier molecular flexibility index (Phi) is 4.13. The van der Waals surface area contributed by atoms with Crippen LogP contribution in [0.4, 0.5) is 0 Å². The summed E-state index contributed by atoms with van der Waals surface area (Å²) in [7, 11) is 0. The lowest BCUT2D eigenvalue weighted by atomic mass is 9.88. The molecule has 5 nitrogen and oxygen atoms in total. The number of hydrogen-bond acceptors (Lipinski definition) is 3. The number of carboxylic acid groups (broad SMARTS) is 1. The van der Waals surface area contributed by atoms with Gasteiger partial charge in [0, 0.05) is 6.54 Å². The van der Waals surface area contributed by atoms with Crippen molar-refractivity contribution < 1.29 is 14.7 Å². The van der Waals surface area contributed by atoms with Crippen LogP contribution in [0.1, 0.15) is 46.0 Å². The molecule has 2 aliphatic rings. The van der Waals surface area contributed by atoms with Crippen molar-refractivity contribution in [3.05, 3.63) is 0 Å². The fraction of sp³-hybridized carbons (Fsp3) is 0.857. The van der Waals surface area contributed by atoms with Crippen LogP contribution < -0.4 is 5.32 Å². The summed E-state index contributed by atoms with van der Waals surface area (Å²) in [6.45, 7) is 5.35. The van der Waals surface area contributed by atoms with Crippen LogP contribution in [0.5, 0.6) is 0 Å². The van der Waals surface area contributed by atoms with Gasteiger partial charge in [0.05, 0.1) is 6.04 Å². The highest BCUT2D eigenvalue weighted by Gasteiger charge is 2.50. The van der Waals surface area contributed by atoms with E-state index >= 15 is 0 Å². The molecule has 2 fully saturated rings. The lowest BCUT2D eigenvalue weighted by Crippen LogP contribution is -2.59. The number of aliphatic carboxylic acids is 1. The lowest BCUT2D eigenvalue weighted by molar-refractivity contribution is -0.158. The molecule has 2 aliphatic heterocycles. The Morgan fingerprint density at radius 2 is 2.16 bits per heavy atom. The molecule has 108 valence electrons. The van der Waals surface area contributed by atoms with Crippen molar-refractivity contribution in [2.75, 3.05) is 13.1 Å². The van der Waals surface area contributed by atoms with E-state index in [0.717, 1.165) is 25.8 Å². The van der Waals surface area contributed by atoms with Crippen molar-refractivity contribution in [1.29, 1.82) is 0 Å². The number of carboxylic acids is 1. The highest BCUT2D eigenvalue weighted by molar-refractivity contribution is 5.90. The van der Waals surface area contributed by atoms with Gasteiger partial charge in [0.25, 0.3) is 0 Å². The normalized spacial score (nSPS) is 35.4. The number of amides is 1. The van der Waals surface area contributed by atoms with Gasteiger partial charge < -0.3 is 15.3 Å². The van der Waals surface area contributed by atoms with E-state index in [-0.39, 0.29) is 17.9 Å². The highest BCUT2D eigenvalue weighted by atomic mass is 16.4. The molecule has 2 N–H and O–H groups in total. The minimum Gasteiger partial charge on any atom is -0.479 e. The number of hydrogen-bond donors (Lipinski definition) is 2. The van der Waals surface area contributed by atoms with Crippen molar-refractivity contribution in [1.82, 2.24) is 10.2 Å². The first-order valence-electron chi connectivity index (χ1n) is 7.31. The van der Waals surface area contributed by atoms with Crippen LogP contribution in [0.15, 0.2) is 0 Å². The summed E-state index contributed by atoms with van der Waals surface area (Å²) in [6, 6.07) is -0.211. The van der Waals surface area contributed by atoms with Gasteiger partial charge in [-0.15, -0.1) is 0 Å². The van der Waals surface area contributed by atoms with Gasteiger partial charge >= 0.3 is 5.97 Å². The lowest BCUT2D eigenvalue weighted by Gasteiger charge is -2.39. The van der Waals surface area contributed by atoms with Crippen LogP contribution in [-0.2, 0) is 9.59 Å². The van der Waals surface area contributed by atoms with Gasteiger partial charge in [-0.05, 0) is 44.6 Å². The number of carbonyl (C=O) groups excluding carboxylic acids is 1. The Morgan fingerprint density at radius 3 is 2.74 bits per heavy atom. The molecule has 2 saturated heterocycles. The van der Waals surface area contributed by atoms with E-state index in [1.807, 2.05) is 6.92 Å². The standard InChI is InChI=1S/C14H24N2O3/c1-3-14(13(18)19)7-5-9-16(14)12(17)11-10(2)6-4-8-15-11/h10-11,15H,3-9H2,1-2H3,(H,18,19). The molecule has 3 unspecified atom stereocenters. The maximum atomic E-state index is 12.7. The molecule has 0 bridgehead atoms. The summed E-state index contributed by atoms with van der Waals surface area (Å²) in [6.07, 6.45) is 3.96. The monoisotopic (exact) mass is 268 g/mol. The smallest absolute Gasteiger partial charge is 0.329 e. The van der Waals surface area contributed by atoms with Crippen molar-refractivity contribution in [3.8, 4) is 0 Å². The fourth-order valence-corrected chi connectivity index (χ4v) is 3.49. The largest absolute Gasteiger partial charge is 0.479 e. The van der Waals surface area contributed by atoms with E-state index < -0.39 is 11.5 Å². The maximum Gasteiger partial charge on any atom is 0.329 e. The van der Waals surface area contributed by atoms with E-state index in [9.17, 15) is 14.7 Å². The second-order valence-corrected chi connectivity index (χ2v) is 5.84. The first-order valence-corrected chi connectivity index (χ1v) is 7.31. The number of nitrogens with one attached hydrogen (secondary N) is 1. The van der Waals surface area contributed by atoms with Crippen molar-refractivity contribution in [2.24, 2.45) is 5.92 Å². The van der Waals surface area contributed by atoms with Gasteiger partial charge in [-0.1, -0.05) is 13.8 Å².